The molecule has 0 aromatic carbocycles. The number of hydrogen-bond acceptors (Lipinski definition) is 2. The third kappa shape index (κ3) is 3.11. The molecule has 2 nitrogen and oxygen atoms in total. The van der Waals surface area contributed by atoms with Crippen molar-refractivity contribution in [2.24, 2.45) is 0 Å². The van der Waals surface area contributed by atoms with E-state index in [0.29, 0.717) is 6.04 Å². The van der Waals surface area contributed by atoms with Gasteiger partial charge >= 0.3 is 0 Å². The van der Waals surface area contributed by atoms with Gasteiger partial charge in [0.1, 0.15) is 0 Å². The molecule has 0 saturated heterocycles. The lowest BCUT2D eigenvalue weighted by Gasteiger charge is -2.40. The second-order valence-corrected chi connectivity index (χ2v) is 4.26. The van der Waals surface area contributed by atoms with Gasteiger partial charge in [-0.1, -0.05) is 6.92 Å². The van der Waals surface area contributed by atoms with Crippen LogP contribution in [0.5, 0.6) is 0 Å². The first-order valence-electron chi connectivity index (χ1n) is 4.83. The van der Waals surface area contributed by atoms with Gasteiger partial charge in [-0.25, -0.2) is 0 Å². The van der Waals surface area contributed by atoms with Crippen molar-refractivity contribution in [1.29, 1.82) is 0 Å². The Kier molecular flexibility index (Phi) is 4.80. The van der Waals surface area contributed by atoms with E-state index in [2.05, 4.69) is 39.5 Å². The summed E-state index contributed by atoms with van der Waals surface area (Å²) in [7, 11) is 0. The second kappa shape index (κ2) is 4.83. The largest absolute Gasteiger partial charge is 0.394 e. The predicted molar refractivity (Wildman–Crippen MR) is 53.3 cm³/mol. The molecule has 0 spiro atoms. The van der Waals surface area contributed by atoms with Crippen LogP contribution in [0.25, 0.3) is 0 Å². The maximum Gasteiger partial charge on any atom is 0.0610 e. The highest BCUT2D eigenvalue weighted by Gasteiger charge is 2.26. The van der Waals surface area contributed by atoms with Crippen LogP contribution in [-0.4, -0.2) is 34.7 Å². The van der Waals surface area contributed by atoms with Crippen LogP contribution in [0.15, 0.2) is 0 Å². The number of aliphatic hydroxyl groups excluding tert-OH is 1. The zero-order chi connectivity index (χ0) is 9.78. The van der Waals surface area contributed by atoms with E-state index in [0.717, 1.165) is 13.0 Å². The number of aliphatic hydroxyl groups is 1. The minimum atomic E-state index is -0.0792. The Morgan fingerprint density at radius 3 is 2.08 bits per heavy atom. The average Bonchev–Trinajstić information content (AvgIpc) is 1.99. The maximum atomic E-state index is 9.20. The van der Waals surface area contributed by atoms with Gasteiger partial charge < -0.3 is 5.11 Å². The van der Waals surface area contributed by atoms with Gasteiger partial charge in [0, 0.05) is 11.6 Å². The van der Waals surface area contributed by atoms with Crippen LogP contribution >= 0.6 is 0 Å². The fourth-order valence-electron chi connectivity index (χ4n) is 1.59. The Labute approximate surface area is 76.6 Å². The van der Waals surface area contributed by atoms with Crippen LogP contribution in [-0.2, 0) is 0 Å². The normalized spacial score (nSPS) is 13.0. The molecule has 0 radical (unpaired) electrons. The zero-order valence-electron chi connectivity index (χ0n) is 9.09. The molecule has 0 aliphatic rings. The first-order chi connectivity index (χ1) is 5.45. The standard InChI is InChI=1S/C10H23NO/c1-6-7-11(9(2)3)10(4,5)8-12/h9,12H,6-8H2,1-5H3. The first-order valence-corrected chi connectivity index (χ1v) is 4.83. The molecule has 0 bridgehead atoms. The van der Waals surface area contributed by atoms with Crippen LogP contribution < -0.4 is 0 Å². The van der Waals surface area contributed by atoms with Crippen molar-refractivity contribution >= 4 is 0 Å². The van der Waals surface area contributed by atoms with Gasteiger partial charge in [-0.15, -0.1) is 0 Å². The van der Waals surface area contributed by atoms with Gasteiger partial charge in [-0.05, 0) is 40.7 Å². The molecule has 0 fully saturated rings. The summed E-state index contributed by atoms with van der Waals surface area (Å²) in [4.78, 5) is 2.34. The highest BCUT2D eigenvalue weighted by Crippen LogP contribution is 2.17. The van der Waals surface area contributed by atoms with Crippen molar-refractivity contribution in [2.45, 2.75) is 52.6 Å². The van der Waals surface area contributed by atoms with Crippen molar-refractivity contribution in [1.82, 2.24) is 4.90 Å². The molecule has 2 heteroatoms. The number of nitrogens with zero attached hydrogens (tertiary/aromatic N) is 1. The maximum absolute atomic E-state index is 9.20. The van der Waals surface area contributed by atoms with Crippen LogP contribution in [0.3, 0.4) is 0 Å². The van der Waals surface area contributed by atoms with Gasteiger partial charge in [0.25, 0.3) is 0 Å². The summed E-state index contributed by atoms with van der Waals surface area (Å²) in [5.41, 5.74) is -0.0792. The van der Waals surface area contributed by atoms with Crippen molar-refractivity contribution in [3.05, 3.63) is 0 Å². The van der Waals surface area contributed by atoms with Gasteiger partial charge in [0.15, 0.2) is 0 Å². The van der Waals surface area contributed by atoms with Gasteiger partial charge in [0.05, 0.1) is 6.61 Å². The molecule has 0 rings (SSSR count). The second-order valence-electron chi connectivity index (χ2n) is 4.26. The van der Waals surface area contributed by atoms with E-state index in [-0.39, 0.29) is 12.1 Å². The molecular formula is C10H23NO. The van der Waals surface area contributed by atoms with Crippen molar-refractivity contribution < 1.29 is 5.11 Å². The monoisotopic (exact) mass is 173 g/mol. The van der Waals surface area contributed by atoms with Crippen LogP contribution in [0.1, 0.15) is 41.0 Å². The molecule has 0 aromatic rings. The third-order valence-electron chi connectivity index (χ3n) is 2.25. The molecular weight excluding hydrogens is 150 g/mol. The van der Waals surface area contributed by atoms with E-state index in [9.17, 15) is 5.11 Å². The summed E-state index contributed by atoms with van der Waals surface area (Å²) in [6.07, 6.45) is 1.14. The van der Waals surface area contributed by atoms with Gasteiger partial charge in [-0.2, -0.15) is 0 Å². The van der Waals surface area contributed by atoms with Crippen molar-refractivity contribution in [3.8, 4) is 0 Å². The summed E-state index contributed by atoms with van der Waals surface area (Å²) in [6.45, 7) is 12.0. The number of rotatable bonds is 5. The molecule has 0 aliphatic heterocycles. The smallest absolute Gasteiger partial charge is 0.0610 e. The molecule has 0 atom stereocenters. The lowest BCUT2D eigenvalue weighted by Crippen LogP contribution is -2.50. The van der Waals surface area contributed by atoms with E-state index >= 15 is 0 Å². The molecule has 1 N–H and O–H groups in total. The molecule has 0 aliphatic carbocycles. The minimum Gasteiger partial charge on any atom is -0.394 e. The summed E-state index contributed by atoms with van der Waals surface area (Å²) in [5, 5.41) is 9.20. The summed E-state index contributed by atoms with van der Waals surface area (Å²) < 4.78 is 0. The lowest BCUT2D eigenvalue weighted by molar-refractivity contribution is 0.0332. The minimum absolute atomic E-state index is 0.0792. The highest BCUT2D eigenvalue weighted by molar-refractivity contribution is 4.82. The molecule has 0 aromatic heterocycles. The Morgan fingerprint density at radius 1 is 1.33 bits per heavy atom. The fraction of sp³-hybridized carbons (Fsp3) is 1.00. The summed E-state index contributed by atoms with van der Waals surface area (Å²) in [6, 6.07) is 0.507. The fourth-order valence-corrected chi connectivity index (χ4v) is 1.59. The Balaban J connectivity index is 4.27. The third-order valence-corrected chi connectivity index (χ3v) is 2.25. The molecule has 12 heavy (non-hydrogen) atoms. The first kappa shape index (κ1) is 11.9. The Morgan fingerprint density at radius 2 is 1.83 bits per heavy atom. The molecule has 0 saturated carbocycles. The summed E-state index contributed by atoms with van der Waals surface area (Å²) in [5.74, 6) is 0. The van der Waals surface area contributed by atoms with E-state index in [4.69, 9.17) is 0 Å². The molecule has 0 amide bonds. The van der Waals surface area contributed by atoms with E-state index in [1.165, 1.54) is 0 Å². The highest BCUT2D eigenvalue weighted by atomic mass is 16.3. The van der Waals surface area contributed by atoms with Crippen LogP contribution in [0.4, 0.5) is 0 Å². The SMILES string of the molecule is CCCN(C(C)C)C(C)(C)CO. The summed E-state index contributed by atoms with van der Waals surface area (Å²) >= 11 is 0. The topological polar surface area (TPSA) is 23.5 Å². The van der Waals surface area contributed by atoms with Crippen molar-refractivity contribution in [3.63, 3.8) is 0 Å². The quantitative estimate of drug-likeness (QED) is 0.686. The molecule has 0 heterocycles. The van der Waals surface area contributed by atoms with Crippen LogP contribution in [0, 0.1) is 0 Å². The van der Waals surface area contributed by atoms with E-state index < -0.39 is 0 Å². The van der Waals surface area contributed by atoms with Crippen LogP contribution in [0.2, 0.25) is 0 Å². The van der Waals surface area contributed by atoms with E-state index in [1.54, 1.807) is 0 Å². The van der Waals surface area contributed by atoms with Gasteiger partial charge in [-0.3, -0.25) is 4.90 Å². The predicted octanol–water partition coefficient (Wildman–Crippen LogP) is 1.88. The lowest BCUT2D eigenvalue weighted by atomic mass is 10.0. The number of hydrogen-bond donors (Lipinski definition) is 1. The zero-order valence-corrected chi connectivity index (χ0v) is 9.09. The van der Waals surface area contributed by atoms with Gasteiger partial charge in [0.2, 0.25) is 0 Å². The Hall–Kier alpha value is -0.0800. The van der Waals surface area contributed by atoms with Crippen molar-refractivity contribution in [2.75, 3.05) is 13.2 Å². The van der Waals surface area contributed by atoms with E-state index in [1.807, 2.05) is 0 Å². The molecule has 74 valence electrons. The average molecular weight is 173 g/mol. The molecule has 0 unspecified atom stereocenters. The Bertz CT molecular complexity index is 121.